The minimum atomic E-state index is 1.09. The van der Waals surface area contributed by atoms with Gasteiger partial charge in [0.25, 0.3) is 0 Å². The van der Waals surface area contributed by atoms with Crippen molar-refractivity contribution in [1.82, 2.24) is 5.32 Å². The monoisotopic (exact) mass is 95.1 g/mol. The van der Waals surface area contributed by atoms with Gasteiger partial charge in [-0.3, -0.25) is 0 Å². The molecule has 0 radical (unpaired) electrons. The summed E-state index contributed by atoms with van der Waals surface area (Å²) in [6.07, 6.45) is 6.28. The molecule has 0 saturated carbocycles. The van der Waals surface area contributed by atoms with Crippen LogP contribution in [0.5, 0.6) is 0 Å². The third-order valence-corrected chi connectivity index (χ3v) is 1.02. The van der Waals surface area contributed by atoms with Crippen LogP contribution in [-0.4, -0.2) is 0 Å². The van der Waals surface area contributed by atoms with Gasteiger partial charge in [-0.25, -0.2) is 0 Å². The third-order valence-electron chi connectivity index (χ3n) is 1.02. The predicted molar refractivity (Wildman–Crippen MR) is 30.6 cm³/mol. The molecule has 0 saturated heterocycles. The van der Waals surface area contributed by atoms with Crippen molar-refractivity contribution in [3.8, 4) is 0 Å². The van der Waals surface area contributed by atoms with E-state index in [1.54, 1.807) is 0 Å². The molecule has 1 rings (SSSR count). The van der Waals surface area contributed by atoms with Gasteiger partial charge in [0.2, 0.25) is 0 Å². The molecule has 1 N–H and O–H groups in total. The molecule has 0 amide bonds. The fourth-order valence-electron chi connectivity index (χ4n) is 0.590. The predicted octanol–water partition coefficient (Wildman–Crippen LogP) is 1.40. The summed E-state index contributed by atoms with van der Waals surface area (Å²) in [5, 5.41) is 3.01. The molecule has 38 valence electrons. The van der Waals surface area contributed by atoms with Gasteiger partial charge in [-0.1, -0.05) is 12.7 Å². The molecule has 7 heavy (non-hydrogen) atoms. The molecule has 1 heteroatoms. The van der Waals surface area contributed by atoms with Gasteiger partial charge in [0.1, 0.15) is 0 Å². The van der Waals surface area contributed by atoms with E-state index in [0.29, 0.717) is 0 Å². The lowest BCUT2D eigenvalue weighted by Crippen LogP contribution is -2.06. The number of hydrogen-bond acceptors (Lipinski definition) is 1. The fourth-order valence-corrected chi connectivity index (χ4v) is 0.590. The Kier molecular flexibility index (Phi) is 1.16. The second kappa shape index (κ2) is 1.82. The maximum absolute atomic E-state index is 3.75. The van der Waals surface area contributed by atoms with Crippen LogP contribution in [0.1, 0.15) is 12.8 Å². The number of nitrogens with one attached hydrogen (secondary N) is 1. The molecule has 0 aromatic carbocycles. The Balaban J connectivity index is 2.47. The Morgan fingerprint density at radius 2 is 2.57 bits per heavy atom. The lowest BCUT2D eigenvalue weighted by Gasteiger charge is -2.06. The van der Waals surface area contributed by atoms with E-state index < -0.39 is 0 Å². The molecule has 1 heterocycles. The van der Waals surface area contributed by atoms with E-state index >= 15 is 0 Å². The molecule has 0 atom stereocenters. The van der Waals surface area contributed by atoms with E-state index in [1.165, 1.54) is 0 Å². The average molecular weight is 95.1 g/mol. The van der Waals surface area contributed by atoms with Crippen LogP contribution in [0.15, 0.2) is 24.6 Å². The zero-order valence-electron chi connectivity index (χ0n) is 4.28. The summed E-state index contributed by atoms with van der Waals surface area (Å²) in [7, 11) is 0. The van der Waals surface area contributed by atoms with Crippen LogP contribution in [0, 0.1) is 0 Å². The first-order valence-corrected chi connectivity index (χ1v) is 2.49. The number of allylic oxidation sites excluding steroid dienone is 2. The first-order chi connectivity index (χ1) is 3.39. The molecule has 0 spiro atoms. The normalized spacial score (nSPS) is 19.1. The van der Waals surface area contributed by atoms with E-state index in [-0.39, 0.29) is 0 Å². The van der Waals surface area contributed by atoms with E-state index in [1.807, 2.05) is 6.20 Å². The molecule has 0 aromatic rings. The SMILES string of the molecule is C=C1CCC=CN1. The van der Waals surface area contributed by atoms with Crippen LogP contribution in [0.25, 0.3) is 0 Å². The van der Waals surface area contributed by atoms with E-state index in [2.05, 4.69) is 18.0 Å². The number of hydrogen-bond donors (Lipinski definition) is 1. The lowest BCUT2D eigenvalue weighted by molar-refractivity contribution is 0.844. The van der Waals surface area contributed by atoms with Crippen molar-refractivity contribution in [3.63, 3.8) is 0 Å². The van der Waals surface area contributed by atoms with Gasteiger partial charge in [0, 0.05) is 5.70 Å². The highest BCUT2D eigenvalue weighted by atomic mass is 14.8. The Bertz CT molecular complexity index is 103. The Hall–Kier alpha value is -0.720. The first-order valence-electron chi connectivity index (χ1n) is 2.49. The largest absolute Gasteiger partial charge is 0.366 e. The third kappa shape index (κ3) is 1.07. The minimum absolute atomic E-state index is 1.09. The van der Waals surface area contributed by atoms with Crippen molar-refractivity contribution in [3.05, 3.63) is 24.6 Å². The molecule has 0 unspecified atom stereocenters. The molecular formula is C6H9N. The van der Waals surface area contributed by atoms with Crippen molar-refractivity contribution < 1.29 is 0 Å². The van der Waals surface area contributed by atoms with Crippen molar-refractivity contribution in [2.24, 2.45) is 0 Å². The molecule has 0 fully saturated rings. The van der Waals surface area contributed by atoms with Gasteiger partial charge in [-0.15, -0.1) is 0 Å². The van der Waals surface area contributed by atoms with Gasteiger partial charge in [0.15, 0.2) is 0 Å². The minimum Gasteiger partial charge on any atom is -0.366 e. The van der Waals surface area contributed by atoms with Crippen LogP contribution in [-0.2, 0) is 0 Å². The van der Waals surface area contributed by atoms with E-state index in [0.717, 1.165) is 18.5 Å². The van der Waals surface area contributed by atoms with Gasteiger partial charge in [-0.2, -0.15) is 0 Å². The quantitative estimate of drug-likeness (QED) is 0.479. The van der Waals surface area contributed by atoms with E-state index in [9.17, 15) is 0 Å². The zero-order chi connectivity index (χ0) is 5.11. The van der Waals surface area contributed by atoms with Crippen LogP contribution >= 0.6 is 0 Å². The topological polar surface area (TPSA) is 12.0 Å². The van der Waals surface area contributed by atoms with Gasteiger partial charge >= 0.3 is 0 Å². The summed E-state index contributed by atoms with van der Waals surface area (Å²) in [4.78, 5) is 0. The highest BCUT2D eigenvalue weighted by molar-refractivity contribution is 5.03. The van der Waals surface area contributed by atoms with Crippen molar-refractivity contribution in [2.45, 2.75) is 12.8 Å². The second-order valence-corrected chi connectivity index (χ2v) is 1.69. The Labute approximate surface area is 43.7 Å². The fraction of sp³-hybridized carbons (Fsp3) is 0.333. The molecule has 1 aliphatic rings. The smallest absolute Gasteiger partial charge is 0.00763 e. The van der Waals surface area contributed by atoms with Gasteiger partial charge < -0.3 is 5.32 Å². The molecule has 1 aliphatic heterocycles. The van der Waals surface area contributed by atoms with Crippen molar-refractivity contribution in [2.75, 3.05) is 0 Å². The van der Waals surface area contributed by atoms with Crippen LogP contribution in [0.4, 0.5) is 0 Å². The summed E-state index contributed by atoms with van der Waals surface area (Å²) in [5.74, 6) is 0. The average Bonchev–Trinajstić information content (AvgIpc) is 1.69. The molecular weight excluding hydrogens is 86.1 g/mol. The van der Waals surface area contributed by atoms with Crippen molar-refractivity contribution in [1.29, 1.82) is 0 Å². The zero-order valence-corrected chi connectivity index (χ0v) is 4.28. The maximum atomic E-state index is 3.75. The molecule has 0 bridgehead atoms. The summed E-state index contributed by atoms with van der Waals surface area (Å²) in [6, 6.07) is 0. The summed E-state index contributed by atoms with van der Waals surface area (Å²) >= 11 is 0. The number of rotatable bonds is 0. The Morgan fingerprint density at radius 1 is 1.71 bits per heavy atom. The van der Waals surface area contributed by atoms with Gasteiger partial charge in [-0.05, 0) is 19.0 Å². The van der Waals surface area contributed by atoms with Crippen LogP contribution < -0.4 is 5.32 Å². The van der Waals surface area contributed by atoms with Crippen LogP contribution in [0.2, 0.25) is 0 Å². The molecule has 1 nitrogen and oxygen atoms in total. The summed E-state index contributed by atoms with van der Waals surface area (Å²) < 4.78 is 0. The Morgan fingerprint density at radius 3 is 2.86 bits per heavy atom. The molecule has 0 aliphatic carbocycles. The summed E-state index contributed by atoms with van der Waals surface area (Å²) in [6.45, 7) is 3.75. The standard InChI is InChI=1S/C6H9N/c1-6-4-2-3-5-7-6/h3,5,7H,1-2,4H2. The van der Waals surface area contributed by atoms with Gasteiger partial charge in [0.05, 0.1) is 0 Å². The maximum Gasteiger partial charge on any atom is 0.00763 e. The summed E-state index contributed by atoms with van der Waals surface area (Å²) in [5.41, 5.74) is 1.13. The van der Waals surface area contributed by atoms with Crippen LogP contribution in [0.3, 0.4) is 0 Å². The highest BCUT2D eigenvalue weighted by Gasteiger charge is 1.91. The lowest BCUT2D eigenvalue weighted by atomic mass is 10.2. The second-order valence-electron chi connectivity index (χ2n) is 1.69. The first kappa shape index (κ1) is 4.44. The van der Waals surface area contributed by atoms with E-state index in [4.69, 9.17) is 0 Å². The molecule has 0 aromatic heterocycles. The van der Waals surface area contributed by atoms with Crippen molar-refractivity contribution >= 4 is 0 Å². The highest BCUT2D eigenvalue weighted by Crippen LogP contribution is 2.03.